The third-order valence-electron chi connectivity index (χ3n) is 0.292. The maximum absolute atomic E-state index is 10.7. The number of halogens is 6. The van der Waals surface area contributed by atoms with E-state index in [0.29, 0.717) is 0 Å². The molecule has 0 heterocycles. The molecule has 11 heteroatoms. The van der Waals surface area contributed by atoms with Crippen LogP contribution in [0.25, 0.3) is 0 Å². The van der Waals surface area contributed by atoms with Crippen LogP contribution in [0.5, 0.6) is 0 Å². The molecule has 75 valence electrons. The van der Waals surface area contributed by atoms with Gasteiger partial charge in [0.15, 0.2) is 0 Å². The Kier molecular flexibility index (Phi) is 7.74. The summed E-state index contributed by atoms with van der Waals surface area (Å²) in [5.74, 6) is 0. The summed E-state index contributed by atoms with van der Waals surface area (Å²) in [4.78, 5) is 0. The van der Waals surface area contributed by atoms with Gasteiger partial charge in [-0.05, 0) is 0 Å². The van der Waals surface area contributed by atoms with Gasteiger partial charge >= 0.3 is 58.2 Å². The van der Waals surface area contributed by atoms with Crippen LogP contribution < -0.4 is 0 Å². The van der Waals surface area contributed by atoms with E-state index >= 15 is 0 Å². The van der Waals surface area contributed by atoms with Gasteiger partial charge in [-0.1, -0.05) is 0 Å². The standard InChI is InChI=1S/CHF3O3S.3ClH.Ti/c2-1(3,4)8(5,6)7;;;;/h(H,5,6,7);3*1H;/q;;;;+3/p-3. The second kappa shape index (κ2) is 5.90. The Labute approximate surface area is 84.0 Å². The van der Waals surface area contributed by atoms with Crippen molar-refractivity contribution in [3.8, 4) is 0 Å². The van der Waals surface area contributed by atoms with E-state index in [-0.39, 0.29) is 0 Å². The van der Waals surface area contributed by atoms with E-state index in [1.165, 1.54) is 0 Å². The van der Waals surface area contributed by atoms with Crippen molar-refractivity contribution in [1.82, 2.24) is 0 Å². The van der Waals surface area contributed by atoms with Gasteiger partial charge in [-0.15, -0.1) is 0 Å². The SMILES string of the molecule is O=S(=O)(O)C(F)(F)F.[Cl][Ti]([Cl])[Cl]. The molecule has 0 amide bonds. The maximum atomic E-state index is 10.7. The molecule has 3 nitrogen and oxygen atoms in total. The summed E-state index contributed by atoms with van der Waals surface area (Å²) in [6.45, 7) is 0. The van der Waals surface area contributed by atoms with Crippen LogP contribution in [0.3, 0.4) is 0 Å². The molecule has 0 radical (unpaired) electrons. The van der Waals surface area contributed by atoms with Crippen LogP contribution >= 0.6 is 27.9 Å². The van der Waals surface area contributed by atoms with Gasteiger partial charge in [0.1, 0.15) is 0 Å². The summed E-state index contributed by atoms with van der Waals surface area (Å²) in [5, 5.41) is 0. The molecular formula is CHCl3F3O3STi. The van der Waals surface area contributed by atoms with Crippen LogP contribution in [0.1, 0.15) is 0 Å². The van der Waals surface area contributed by atoms with Crippen LogP contribution in [0, 0.1) is 0 Å². The van der Waals surface area contributed by atoms with Gasteiger partial charge in [0.2, 0.25) is 0 Å². The summed E-state index contributed by atoms with van der Waals surface area (Å²) >= 11 is -1.92. The fraction of sp³-hybridized carbons (Fsp3) is 1.00. The van der Waals surface area contributed by atoms with Crippen molar-refractivity contribution in [3.63, 3.8) is 0 Å². The topological polar surface area (TPSA) is 54.4 Å². The molecule has 0 aliphatic rings. The molecule has 0 unspecified atom stereocenters. The fourth-order valence-corrected chi connectivity index (χ4v) is 0. The third-order valence-corrected chi connectivity index (χ3v) is 0.877. The van der Waals surface area contributed by atoms with Gasteiger partial charge in [0.25, 0.3) is 0 Å². The summed E-state index contributed by atoms with van der Waals surface area (Å²) in [6.07, 6.45) is 0. The van der Waals surface area contributed by atoms with Crippen molar-refractivity contribution in [3.05, 3.63) is 0 Å². The van der Waals surface area contributed by atoms with Gasteiger partial charge in [0, 0.05) is 0 Å². The first-order valence-corrected chi connectivity index (χ1v) is 9.74. The fourth-order valence-electron chi connectivity index (χ4n) is 0. The average molecular weight is 304 g/mol. The number of rotatable bonds is 0. The predicted octanol–water partition coefficient (Wildman–Crippen LogP) is 2.46. The van der Waals surface area contributed by atoms with Gasteiger partial charge in [-0.2, -0.15) is 21.6 Å². The minimum absolute atomic E-state index is 1.92. The molecule has 0 rings (SSSR count). The number of alkyl halides is 3. The third kappa shape index (κ3) is 11.3. The molecule has 0 aliphatic carbocycles. The Morgan fingerprint density at radius 3 is 1.25 bits per heavy atom. The molecule has 0 bridgehead atoms. The summed E-state index contributed by atoms with van der Waals surface area (Å²) in [5.41, 5.74) is -5.53. The van der Waals surface area contributed by atoms with Crippen LogP contribution in [-0.4, -0.2) is 18.5 Å². The van der Waals surface area contributed by atoms with Gasteiger partial charge in [-0.25, -0.2) is 0 Å². The molecule has 0 aromatic heterocycles. The molecule has 0 aromatic rings. The first kappa shape index (κ1) is 15.7. The first-order chi connectivity index (χ1) is 4.98. The Balaban J connectivity index is 0. The van der Waals surface area contributed by atoms with Crippen molar-refractivity contribution in [2.45, 2.75) is 5.51 Å². The zero-order valence-electron chi connectivity index (χ0n) is 4.94. The molecule has 0 atom stereocenters. The average Bonchev–Trinajstić information content (AvgIpc) is 1.55. The van der Waals surface area contributed by atoms with Crippen molar-refractivity contribution >= 4 is 38.0 Å². The summed E-state index contributed by atoms with van der Waals surface area (Å²) in [7, 11) is 9.08. The first-order valence-electron chi connectivity index (χ1n) is 1.85. The Hall–Kier alpha value is 1.28. The summed E-state index contributed by atoms with van der Waals surface area (Å²) in [6, 6.07) is 0. The number of hydrogen-bond acceptors (Lipinski definition) is 2. The van der Waals surface area contributed by atoms with Crippen LogP contribution in [0.4, 0.5) is 13.2 Å². The predicted molar refractivity (Wildman–Crippen MR) is 35.2 cm³/mol. The second-order valence-electron chi connectivity index (χ2n) is 1.14. The minimum atomic E-state index is -5.84. The zero-order chi connectivity index (χ0) is 10.6. The molecule has 12 heavy (non-hydrogen) atoms. The quantitative estimate of drug-likeness (QED) is 0.425. The normalized spacial score (nSPS) is 11.6. The molecule has 0 aromatic carbocycles. The molecule has 0 saturated heterocycles. The van der Waals surface area contributed by atoms with Gasteiger partial charge in [-0.3, -0.25) is 4.55 Å². The van der Waals surface area contributed by atoms with Crippen molar-refractivity contribution in [1.29, 1.82) is 0 Å². The van der Waals surface area contributed by atoms with E-state index in [4.69, 9.17) is 40.9 Å². The van der Waals surface area contributed by atoms with E-state index in [2.05, 4.69) is 0 Å². The molecule has 0 aliphatic heterocycles. The monoisotopic (exact) mass is 303 g/mol. The van der Waals surface area contributed by atoms with Crippen LogP contribution in [0.2, 0.25) is 0 Å². The van der Waals surface area contributed by atoms with Gasteiger partial charge in [0.05, 0.1) is 0 Å². The van der Waals surface area contributed by atoms with E-state index in [1.54, 1.807) is 0 Å². The Bertz CT molecular complexity index is 209. The zero-order valence-corrected chi connectivity index (χ0v) is 9.59. The van der Waals surface area contributed by atoms with Crippen molar-refractivity contribution in [2.75, 3.05) is 0 Å². The Morgan fingerprint density at radius 2 is 1.25 bits per heavy atom. The van der Waals surface area contributed by atoms with Crippen molar-refractivity contribution < 1.29 is 40.8 Å². The molecular weight excluding hydrogens is 303 g/mol. The van der Waals surface area contributed by atoms with Crippen molar-refractivity contribution in [2.24, 2.45) is 0 Å². The summed E-state index contributed by atoms with van der Waals surface area (Å²) < 4.78 is 57.5. The molecule has 0 spiro atoms. The van der Waals surface area contributed by atoms with Crippen LogP contribution in [0.15, 0.2) is 0 Å². The van der Waals surface area contributed by atoms with E-state index < -0.39 is 30.3 Å². The Morgan fingerprint density at radius 1 is 1.17 bits per heavy atom. The number of hydrogen-bond donors (Lipinski definition) is 1. The van der Waals surface area contributed by atoms with E-state index in [0.717, 1.165) is 0 Å². The molecule has 0 fully saturated rings. The molecule has 0 saturated carbocycles. The van der Waals surface area contributed by atoms with E-state index in [1.807, 2.05) is 0 Å². The van der Waals surface area contributed by atoms with Gasteiger partial charge < -0.3 is 0 Å². The van der Waals surface area contributed by atoms with E-state index in [9.17, 15) is 13.2 Å². The van der Waals surface area contributed by atoms with Crippen LogP contribution in [-0.2, 0) is 24.8 Å². The molecule has 1 N–H and O–H groups in total. The second-order valence-corrected chi connectivity index (χ2v) is 10.3.